The molecule has 19 heavy (non-hydrogen) atoms. The highest BCUT2D eigenvalue weighted by atomic mass is 32.1. The SMILES string of the molecule is COc1ccc(CNCc2sccc2C)cc1C#N. The van der Waals surface area contributed by atoms with E-state index in [1.165, 1.54) is 10.4 Å². The number of ether oxygens (including phenoxy) is 1. The van der Waals surface area contributed by atoms with E-state index in [9.17, 15) is 0 Å². The molecule has 0 bridgehead atoms. The molecular weight excluding hydrogens is 256 g/mol. The van der Waals surface area contributed by atoms with Crippen LogP contribution in [0.15, 0.2) is 29.6 Å². The van der Waals surface area contributed by atoms with Gasteiger partial charge in [-0.3, -0.25) is 0 Å². The van der Waals surface area contributed by atoms with Crippen molar-refractivity contribution in [2.24, 2.45) is 0 Å². The first-order chi connectivity index (χ1) is 9.24. The Morgan fingerprint density at radius 3 is 2.79 bits per heavy atom. The fraction of sp³-hybridized carbons (Fsp3) is 0.267. The van der Waals surface area contributed by atoms with Gasteiger partial charge in [-0.1, -0.05) is 6.07 Å². The van der Waals surface area contributed by atoms with Gasteiger partial charge in [-0.05, 0) is 41.6 Å². The molecule has 0 atom stereocenters. The molecular formula is C15H16N2OS. The van der Waals surface area contributed by atoms with Crippen LogP contribution in [0.4, 0.5) is 0 Å². The molecule has 0 saturated heterocycles. The summed E-state index contributed by atoms with van der Waals surface area (Å²) in [7, 11) is 1.58. The molecule has 2 rings (SSSR count). The van der Waals surface area contributed by atoms with Crippen molar-refractivity contribution in [3.05, 3.63) is 51.2 Å². The number of nitrogens with one attached hydrogen (secondary N) is 1. The van der Waals surface area contributed by atoms with Gasteiger partial charge in [0.2, 0.25) is 0 Å². The maximum Gasteiger partial charge on any atom is 0.136 e. The smallest absolute Gasteiger partial charge is 0.136 e. The minimum absolute atomic E-state index is 0.578. The first kappa shape index (κ1) is 13.6. The van der Waals surface area contributed by atoms with Crippen LogP contribution in [0.2, 0.25) is 0 Å². The molecule has 0 aliphatic rings. The number of thiophene rings is 1. The molecule has 3 nitrogen and oxygen atoms in total. The van der Waals surface area contributed by atoms with E-state index in [1.54, 1.807) is 18.4 Å². The van der Waals surface area contributed by atoms with Gasteiger partial charge in [-0.2, -0.15) is 5.26 Å². The fourth-order valence-electron chi connectivity index (χ4n) is 1.86. The number of hydrogen-bond acceptors (Lipinski definition) is 4. The van der Waals surface area contributed by atoms with Gasteiger partial charge in [-0.25, -0.2) is 0 Å². The molecule has 0 aliphatic carbocycles. The Kier molecular flexibility index (Phi) is 4.56. The van der Waals surface area contributed by atoms with Gasteiger partial charge in [0, 0.05) is 18.0 Å². The van der Waals surface area contributed by atoms with Gasteiger partial charge in [0.05, 0.1) is 12.7 Å². The van der Waals surface area contributed by atoms with E-state index < -0.39 is 0 Å². The van der Waals surface area contributed by atoms with Gasteiger partial charge < -0.3 is 10.1 Å². The van der Waals surface area contributed by atoms with Crippen LogP contribution in [0.5, 0.6) is 5.75 Å². The van der Waals surface area contributed by atoms with Crippen LogP contribution < -0.4 is 10.1 Å². The molecule has 0 fully saturated rings. The molecule has 1 aromatic carbocycles. The zero-order chi connectivity index (χ0) is 13.7. The second kappa shape index (κ2) is 6.37. The first-order valence-electron chi connectivity index (χ1n) is 6.05. The molecule has 1 heterocycles. The van der Waals surface area contributed by atoms with E-state index in [0.29, 0.717) is 11.3 Å². The number of nitrogens with zero attached hydrogens (tertiary/aromatic N) is 1. The Balaban J connectivity index is 1.97. The predicted molar refractivity (Wildman–Crippen MR) is 77.3 cm³/mol. The fourth-order valence-corrected chi connectivity index (χ4v) is 2.73. The molecule has 1 N–H and O–H groups in total. The molecule has 2 aromatic rings. The lowest BCUT2D eigenvalue weighted by atomic mass is 10.1. The Labute approximate surface area is 117 Å². The summed E-state index contributed by atoms with van der Waals surface area (Å²) in [4.78, 5) is 1.36. The third kappa shape index (κ3) is 3.34. The normalized spacial score (nSPS) is 10.2. The Morgan fingerprint density at radius 2 is 2.16 bits per heavy atom. The minimum atomic E-state index is 0.578. The molecule has 0 amide bonds. The zero-order valence-electron chi connectivity index (χ0n) is 11.1. The van der Waals surface area contributed by atoms with Crippen LogP contribution in [-0.2, 0) is 13.1 Å². The number of methoxy groups -OCH3 is 1. The van der Waals surface area contributed by atoms with Crippen LogP contribution in [-0.4, -0.2) is 7.11 Å². The summed E-state index contributed by atoms with van der Waals surface area (Å²) in [5, 5.41) is 14.5. The number of hydrogen-bond donors (Lipinski definition) is 1. The summed E-state index contributed by atoms with van der Waals surface area (Å²) in [6.45, 7) is 3.72. The van der Waals surface area contributed by atoms with Crippen LogP contribution in [0.3, 0.4) is 0 Å². The Morgan fingerprint density at radius 1 is 1.32 bits per heavy atom. The lowest BCUT2D eigenvalue weighted by Gasteiger charge is -2.07. The average molecular weight is 272 g/mol. The van der Waals surface area contributed by atoms with Crippen LogP contribution in [0.25, 0.3) is 0 Å². The lowest BCUT2D eigenvalue weighted by molar-refractivity contribution is 0.413. The third-order valence-electron chi connectivity index (χ3n) is 2.97. The van der Waals surface area contributed by atoms with Gasteiger partial charge >= 0.3 is 0 Å². The van der Waals surface area contributed by atoms with Crippen LogP contribution in [0, 0.1) is 18.3 Å². The Hall–Kier alpha value is -1.83. The number of rotatable bonds is 5. The van der Waals surface area contributed by atoms with Crippen molar-refractivity contribution in [1.29, 1.82) is 5.26 Å². The second-order valence-electron chi connectivity index (χ2n) is 4.28. The molecule has 4 heteroatoms. The molecule has 0 aliphatic heterocycles. The van der Waals surface area contributed by atoms with E-state index >= 15 is 0 Å². The highest BCUT2D eigenvalue weighted by molar-refractivity contribution is 7.10. The van der Waals surface area contributed by atoms with Crippen molar-refractivity contribution in [3.8, 4) is 11.8 Å². The average Bonchev–Trinajstić information content (AvgIpc) is 2.84. The molecule has 98 valence electrons. The molecule has 0 saturated carbocycles. The van der Waals surface area contributed by atoms with Crippen molar-refractivity contribution in [2.45, 2.75) is 20.0 Å². The summed E-state index contributed by atoms with van der Waals surface area (Å²) in [6.07, 6.45) is 0. The van der Waals surface area contributed by atoms with E-state index in [0.717, 1.165) is 18.7 Å². The molecule has 0 spiro atoms. The largest absolute Gasteiger partial charge is 0.495 e. The van der Waals surface area contributed by atoms with Crippen molar-refractivity contribution in [1.82, 2.24) is 5.32 Å². The van der Waals surface area contributed by atoms with Crippen molar-refractivity contribution in [3.63, 3.8) is 0 Å². The molecule has 0 unspecified atom stereocenters. The van der Waals surface area contributed by atoms with Crippen LogP contribution >= 0.6 is 11.3 Å². The summed E-state index contributed by atoms with van der Waals surface area (Å²) >= 11 is 1.76. The maximum absolute atomic E-state index is 9.04. The zero-order valence-corrected chi connectivity index (χ0v) is 11.9. The van der Waals surface area contributed by atoms with E-state index in [1.807, 2.05) is 18.2 Å². The van der Waals surface area contributed by atoms with E-state index in [4.69, 9.17) is 10.00 Å². The third-order valence-corrected chi connectivity index (χ3v) is 3.99. The monoisotopic (exact) mass is 272 g/mol. The second-order valence-corrected chi connectivity index (χ2v) is 5.28. The standard InChI is InChI=1S/C15H16N2OS/c1-11-5-6-19-15(11)10-17-9-12-3-4-14(18-2)13(7-12)8-16/h3-7,17H,9-10H2,1-2H3. The van der Waals surface area contributed by atoms with Gasteiger partial charge in [0.15, 0.2) is 0 Å². The predicted octanol–water partition coefficient (Wildman–Crippen LogP) is 3.23. The molecule has 0 radical (unpaired) electrons. The maximum atomic E-state index is 9.04. The van der Waals surface area contributed by atoms with Crippen molar-refractivity contribution < 1.29 is 4.74 Å². The van der Waals surface area contributed by atoms with Crippen LogP contribution in [0.1, 0.15) is 21.6 Å². The summed E-state index contributed by atoms with van der Waals surface area (Å²) in [5.41, 5.74) is 2.99. The summed E-state index contributed by atoms with van der Waals surface area (Å²) in [5.74, 6) is 0.625. The van der Waals surface area contributed by atoms with Crippen molar-refractivity contribution in [2.75, 3.05) is 7.11 Å². The molecule has 1 aromatic heterocycles. The minimum Gasteiger partial charge on any atom is -0.495 e. The Bertz CT molecular complexity index is 598. The quantitative estimate of drug-likeness (QED) is 0.909. The first-order valence-corrected chi connectivity index (χ1v) is 6.93. The summed E-state index contributed by atoms with van der Waals surface area (Å²) < 4.78 is 5.13. The van der Waals surface area contributed by atoms with Gasteiger partial charge in [-0.15, -0.1) is 11.3 Å². The summed E-state index contributed by atoms with van der Waals surface area (Å²) in [6, 6.07) is 9.96. The van der Waals surface area contributed by atoms with E-state index in [2.05, 4.69) is 29.8 Å². The lowest BCUT2D eigenvalue weighted by Crippen LogP contribution is -2.12. The highest BCUT2D eigenvalue weighted by Crippen LogP contribution is 2.19. The topological polar surface area (TPSA) is 45.0 Å². The van der Waals surface area contributed by atoms with Crippen molar-refractivity contribution >= 4 is 11.3 Å². The van der Waals surface area contributed by atoms with Gasteiger partial charge in [0.1, 0.15) is 11.8 Å². The highest BCUT2D eigenvalue weighted by Gasteiger charge is 2.04. The number of nitriles is 1. The van der Waals surface area contributed by atoms with Gasteiger partial charge in [0.25, 0.3) is 0 Å². The van der Waals surface area contributed by atoms with E-state index in [-0.39, 0.29) is 0 Å². The number of aryl methyl sites for hydroxylation is 1. The number of benzene rings is 1.